The highest BCUT2D eigenvalue weighted by Gasteiger charge is 2.50. The van der Waals surface area contributed by atoms with Crippen molar-refractivity contribution in [2.45, 2.75) is 127 Å². The molecule has 0 spiro atoms. The summed E-state index contributed by atoms with van der Waals surface area (Å²) in [5.74, 6) is 0.281. The van der Waals surface area contributed by atoms with Crippen LogP contribution in [-0.2, 0) is 19.0 Å². The number of carbonyl (C=O) groups excluding carboxylic acids is 1. The highest BCUT2D eigenvalue weighted by Crippen LogP contribution is 2.38. The Bertz CT molecular complexity index is 743. The molecule has 37 heavy (non-hydrogen) atoms. The van der Waals surface area contributed by atoms with E-state index in [2.05, 4.69) is 13.8 Å². The number of rotatable bonds is 12. The molecule has 10 nitrogen and oxygen atoms in total. The van der Waals surface area contributed by atoms with E-state index in [0.29, 0.717) is 12.0 Å². The molecule has 0 radical (unpaired) electrons. The summed E-state index contributed by atoms with van der Waals surface area (Å²) in [6.45, 7) is 3.28. The molecule has 0 aromatic rings. The lowest BCUT2D eigenvalue weighted by atomic mass is 9.73. The summed E-state index contributed by atoms with van der Waals surface area (Å²) >= 11 is 0. The van der Waals surface area contributed by atoms with Gasteiger partial charge in [-0.2, -0.15) is 0 Å². The maximum absolute atomic E-state index is 13.2. The van der Waals surface area contributed by atoms with Crippen LogP contribution in [0.3, 0.4) is 0 Å². The van der Waals surface area contributed by atoms with Crippen molar-refractivity contribution in [1.29, 1.82) is 0 Å². The van der Waals surface area contributed by atoms with Crippen LogP contribution in [0.2, 0.25) is 0 Å². The molecular weight excluding hydrogens is 484 g/mol. The lowest BCUT2D eigenvalue weighted by molar-refractivity contribution is -0.324. The van der Waals surface area contributed by atoms with Crippen LogP contribution in [0, 0.1) is 11.8 Å². The van der Waals surface area contributed by atoms with E-state index in [0.717, 1.165) is 44.9 Å². The molecule has 0 aromatic carbocycles. The number of allylic oxidation sites excluding steroid dienone is 1. The van der Waals surface area contributed by atoms with Gasteiger partial charge < -0.3 is 44.8 Å². The van der Waals surface area contributed by atoms with E-state index in [9.17, 15) is 35.4 Å². The first-order chi connectivity index (χ1) is 17.7. The van der Waals surface area contributed by atoms with Crippen LogP contribution in [0.15, 0.2) is 11.6 Å². The van der Waals surface area contributed by atoms with Gasteiger partial charge >= 0.3 is 0 Å². The smallest absolute Gasteiger partial charge is 0.186 e. The second kappa shape index (κ2) is 14.4. The van der Waals surface area contributed by atoms with Crippen LogP contribution in [0.1, 0.15) is 71.6 Å². The Morgan fingerprint density at radius 3 is 2.30 bits per heavy atom. The van der Waals surface area contributed by atoms with Crippen molar-refractivity contribution in [2.24, 2.45) is 11.8 Å². The zero-order valence-electron chi connectivity index (χ0n) is 22.0. The predicted molar refractivity (Wildman–Crippen MR) is 133 cm³/mol. The fourth-order valence-corrected chi connectivity index (χ4v) is 5.76. The van der Waals surface area contributed by atoms with Crippen molar-refractivity contribution < 1.29 is 49.6 Å². The molecule has 0 amide bonds. The van der Waals surface area contributed by atoms with Gasteiger partial charge in [0.05, 0.1) is 25.4 Å². The lowest BCUT2D eigenvalue weighted by Gasteiger charge is -2.46. The summed E-state index contributed by atoms with van der Waals surface area (Å²) in [5, 5.41) is 61.8. The van der Waals surface area contributed by atoms with E-state index in [4.69, 9.17) is 14.2 Å². The van der Waals surface area contributed by atoms with Gasteiger partial charge in [0.2, 0.25) is 0 Å². The largest absolute Gasteiger partial charge is 0.394 e. The maximum atomic E-state index is 13.2. The van der Waals surface area contributed by atoms with E-state index < -0.39 is 68.3 Å². The molecule has 11 atom stereocenters. The summed E-state index contributed by atoms with van der Waals surface area (Å²) < 4.78 is 17.1. The molecule has 2 heterocycles. The minimum absolute atomic E-state index is 0.00424. The zero-order valence-corrected chi connectivity index (χ0v) is 22.0. The Hall–Kier alpha value is -0.950. The molecule has 2 aliphatic heterocycles. The molecule has 10 heteroatoms. The van der Waals surface area contributed by atoms with Crippen LogP contribution in [0.5, 0.6) is 0 Å². The third-order valence-electron chi connectivity index (χ3n) is 8.01. The third kappa shape index (κ3) is 7.38. The van der Waals surface area contributed by atoms with Crippen LogP contribution in [0.4, 0.5) is 0 Å². The van der Waals surface area contributed by atoms with Gasteiger partial charge in [-0.1, -0.05) is 52.0 Å². The van der Waals surface area contributed by atoms with Crippen molar-refractivity contribution in [3.05, 3.63) is 11.6 Å². The first-order valence-electron chi connectivity index (χ1n) is 13.9. The fourth-order valence-electron chi connectivity index (χ4n) is 5.76. The number of aliphatic hydroxyl groups is 6. The molecule has 11 unspecified atom stereocenters. The van der Waals surface area contributed by atoms with Gasteiger partial charge in [0.1, 0.15) is 36.6 Å². The molecule has 1 aliphatic carbocycles. The average molecular weight is 531 g/mol. The summed E-state index contributed by atoms with van der Waals surface area (Å²) in [4.78, 5) is 13.2. The number of carbonyl (C=O) groups is 1. The second-order valence-corrected chi connectivity index (χ2v) is 10.8. The Labute approximate surface area is 219 Å². The highest BCUT2D eigenvalue weighted by molar-refractivity contribution is 5.97. The van der Waals surface area contributed by atoms with Gasteiger partial charge in [-0.25, -0.2) is 0 Å². The molecule has 6 N–H and O–H groups in total. The number of hydrogen-bond donors (Lipinski definition) is 6. The third-order valence-corrected chi connectivity index (χ3v) is 8.01. The fraction of sp³-hybridized carbons (Fsp3) is 0.889. The summed E-state index contributed by atoms with van der Waals surface area (Å²) in [6.07, 6.45) is -2.05. The number of unbranched alkanes of at least 4 members (excludes halogenated alkanes) is 3. The van der Waals surface area contributed by atoms with E-state index in [1.807, 2.05) is 6.08 Å². The quantitative estimate of drug-likeness (QED) is 0.197. The van der Waals surface area contributed by atoms with Gasteiger partial charge in [0.15, 0.2) is 12.1 Å². The van der Waals surface area contributed by atoms with Crippen molar-refractivity contribution in [1.82, 2.24) is 0 Å². The van der Waals surface area contributed by atoms with Gasteiger partial charge in [-0.05, 0) is 24.7 Å². The number of ether oxygens (including phenoxy) is 3. The van der Waals surface area contributed by atoms with Gasteiger partial charge in [-0.15, -0.1) is 0 Å². The van der Waals surface area contributed by atoms with E-state index in [1.165, 1.54) is 0 Å². The first kappa shape index (κ1) is 30.6. The summed E-state index contributed by atoms with van der Waals surface area (Å²) in [7, 11) is 0. The standard InChI is InChI=1S/C27H46O10/c1-3-5-7-9-16-11-19(30)18(10-15(16)8-6-4-2)25-23(33)24(34)26(21(14-29)36-25)37-27-22(32)20(31)12-17(13-28)35-27/h10,15-17,20-29,31-34H,3-9,11-14H2,1-2H3. The van der Waals surface area contributed by atoms with Crippen LogP contribution in [0.25, 0.3) is 0 Å². The molecule has 0 aromatic heterocycles. The maximum Gasteiger partial charge on any atom is 0.186 e. The first-order valence-corrected chi connectivity index (χ1v) is 13.9. The number of aliphatic hydroxyl groups excluding tert-OH is 6. The van der Waals surface area contributed by atoms with Crippen molar-refractivity contribution >= 4 is 5.78 Å². The van der Waals surface area contributed by atoms with Crippen molar-refractivity contribution in [3.8, 4) is 0 Å². The minimum atomic E-state index is -1.57. The van der Waals surface area contributed by atoms with E-state index in [1.54, 1.807) is 0 Å². The predicted octanol–water partition coefficient (Wildman–Crippen LogP) is 0.584. The Balaban J connectivity index is 1.77. The second-order valence-electron chi connectivity index (χ2n) is 10.8. The van der Waals surface area contributed by atoms with Crippen LogP contribution >= 0.6 is 0 Å². The Kier molecular flexibility index (Phi) is 11.9. The molecular formula is C27H46O10. The molecule has 0 saturated carbocycles. The van der Waals surface area contributed by atoms with Gasteiger partial charge in [0, 0.05) is 18.4 Å². The van der Waals surface area contributed by atoms with Gasteiger partial charge in [-0.3, -0.25) is 4.79 Å². The highest BCUT2D eigenvalue weighted by atomic mass is 16.7. The number of hydrogen-bond acceptors (Lipinski definition) is 10. The molecule has 214 valence electrons. The molecule has 3 aliphatic rings. The minimum Gasteiger partial charge on any atom is -0.394 e. The number of ketones is 1. The molecule has 2 saturated heterocycles. The topological polar surface area (TPSA) is 166 Å². The Morgan fingerprint density at radius 2 is 1.65 bits per heavy atom. The molecule has 2 fully saturated rings. The Morgan fingerprint density at radius 1 is 0.919 bits per heavy atom. The van der Waals surface area contributed by atoms with Crippen molar-refractivity contribution in [2.75, 3.05) is 13.2 Å². The van der Waals surface area contributed by atoms with Gasteiger partial charge in [0.25, 0.3) is 0 Å². The average Bonchev–Trinajstić information content (AvgIpc) is 2.89. The van der Waals surface area contributed by atoms with Crippen LogP contribution in [-0.4, -0.2) is 105 Å². The van der Waals surface area contributed by atoms with E-state index in [-0.39, 0.29) is 24.0 Å². The zero-order chi connectivity index (χ0) is 27.1. The summed E-state index contributed by atoms with van der Waals surface area (Å²) in [6, 6.07) is 0. The SMILES string of the molecule is CCCCCC1CC(=O)C(C2OC(CO)C(OC3OC(CO)CC(O)C3O)C(O)C2O)=CC1CCCC. The molecule has 3 rings (SSSR count). The normalized spacial score (nSPS) is 41.0. The monoisotopic (exact) mass is 530 g/mol. The summed E-state index contributed by atoms with van der Waals surface area (Å²) in [5.41, 5.74) is 0.320. The van der Waals surface area contributed by atoms with E-state index >= 15 is 0 Å². The number of Topliss-reactive ketones (excluding diaryl/α,β-unsaturated/α-hetero) is 1. The lowest BCUT2D eigenvalue weighted by Crippen LogP contribution is -2.63. The van der Waals surface area contributed by atoms with Crippen molar-refractivity contribution in [3.63, 3.8) is 0 Å². The molecule has 0 bridgehead atoms. The van der Waals surface area contributed by atoms with Crippen LogP contribution < -0.4 is 0 Å².